The maximum Gasteiger partial charge on any atom is 0.362 e. The Morgan fingerprint density at radius 2 is 2.33 bits per heavy atom. The molecule has 80 valence electrons. The van der Waals surface area contributed by atoms with E-state index < -0.39 is 0 Å². The van der Waals surface area contributed by atoms with Gasteiger partial charge in [0, 0.05) is 19.5 Å². The van der Waals surface area contributed by atoms with Crippen LogP contribution >= 0.6 is 0 Å². The highest BCUT2D eigenvalue weighted by Gasteiger charge is 2.11. The Bertz CT molecular complexity index is 554. The maximum absolute atomic E-state index is 11.6. The third kappa shape index (κ3) is 1.55. The normalized spacial score (nSPS) is 11.1. The lowest BCUT2D eigenvalue weighted by Gasteiger charge is -1.98. The van der Waals surface area contributed by atoms with Gasteiger partial charge < -0.3 is 9.15 Å². The van der Waals surface area contributed by atoms with Crippen molar-refractivity contribution in [1.82, 2.24) is 9.78 Å². The Kier molecular flexibility index (Phi) is 2.32. The highest BCUT2D eigenvalue weighted by molar-refractivity contribution is 5.80. The summed E-state index contributed by atoms with van der Waals surface area (Å²) in [5.41, 5.74) is 0.938. The van der Waals surface area contributed by atoms with Crippen molar-refractivity contribution in [3.05, 3.63) is 27.9 Å². The molecule has 2 rings (SSSR count). The Morgan fingerprint density at radius 3 is 3.00 bits per heavy atom. The number of hydrogen-bond donors (Lipinski definition) is 0. The summed E-state index contributed by atoms with van der Waals surface area (Å²) >= 11 is 0. The third-order valence-electron chi connectivity index (χ3n) is 2.28. The van der Waals surface area contributed by atoms with E-state index in [1.165, 1.54) is 4.68 Å². The molecular formula is C10H12N2O3. The van der Waals surface area contributed by atoms with Crippen molar-refractivity contribution in [2.75, 3.05) is 7.11 Å². The molecule has 0 aliphatic rings. The van der Waals surface area contributed by atoms with Gasteiger partial charge in [-0.05, 0) is 13.0 Å². The van der Waals surface area contributed by atoms with Gasteiger partial charge in [-0.2, -0.15) is 5.10 Å². The molecule has 2 aromatic rings. The lowest BCUT2D eigenvalue weighted by molar-refractivity contribution is 0.161. The second-order valence-electron chi connectivity index (χ2n) is 3.40. The molecule has 0 aromatic carbocycles. The zero-order valence-electron chi connectivity index (χ0n) is 8.90. The average molecular weight is 208 g/mol. The molecule has 0 N–H and O–H groups in total. The second-order valence-corrected chi connectivity index (χ2v) is 3.40. The van der Waals surface area contributed by atoms with Crippen molar-refractivity contribution >= 4 is 10.9 Å². The first-order valence-corrected chi connectivity index (χ1v) is 4.58. The lowest BCUT2D eigenvalue weighted by Crippen LogP contribution is -2.06. The molecule has 0 spiro atoms. The van der Waals surface area contributed by atoms with E-state index in [0.29, 0.717) is 17.9 Å². The molecule has 15 heavy (non-hydrogen) atoms. The molecule has 2 heterocycles. The van der Waals surface area contributed by atoms with E-state index in [-0.39, 0.29) is 5.63 Å². The molecule has 0 aliphatic heterocycles. The van der Waals surface area contributed by atoms with Crippen molar-refractivity contribution in [3.63, 3.8) is 0 Å². The van der Waals surface area contributed by atoms with Crippen LogP contribution in [0.4, 0.5) is 0 Å². The summed E-state index contributed by atoms with van der Waals surface area (Å²) in [6.07, 6.45) is 0. The van der Waals surface area contributed by atoms with Crippen LogP contribution in [0.3, 0.4) is 0 Å². The number of methoxy groups -OCH3 is 1. The Balaban J connectivity index is 2.76. The van der Waals surface area contributed by atoms with E-state index in [9.17, 15) is 4.79 Å². The zero-order chi connectivity index (χ0) is 11.0. The van der Waals surface area contributed by atoms with E-state index in [4.69, 9.17) is 9.15 Å². The van der Waals surface area contributed by atoms with Crippen LogP contribution in [0.25, 0.3) is 10.9 Å². The smallest absolute Gasteiger partial charge is 0.362 e. The SMILES string of the molecule is COCc1cc2c(C)nn(C)c2c(=O)o1. The summed E-state index contributed by atoms with van der Waals surface area (Å²) in [5, 5.41) is 4.99. The molecule has 0 saturated heterocycles. The van der Waals surface area contributed by atoms with Gasteiger partial charge >= 0.3 is 5.63 Å². The van der Waals surface area contributed by atoms with Crippen LogP contribution in [0.2, 0.25) is 0 Å². The van der Waals surface area contributed by atoms with Crippen molar-refractivity contribution < 1.29 is 9.15 Å². The van der Waals surface area contributed by atoms with E-state index in [0.717, 1.165) is 11.1 Å². The van der Waals surface area contributed by atoms with Crippen molar-refractivity contribution in [3.8, 4) is 0 Å². The highest BCUT2D eigenvalue weighted by atomic mass is 16.5. The summed E-state index contributed by atoms with van der Waals surface area (Å²) in [6.45, 7) is 2.15. The number of aryl methyl sites for hydroxylation is 2. The van der Waals surface area contributed by atoms with Gasteiger partial charge in [-0.15, -0.1) is 0 Å². The van der Waals surface area contributed by atoms with Gasteiger partial charge in [-0.1, -0.05) is 0 Å². The molecule has 5 nitrogen and oxygen atoms in total. The van der Waals surface area contributed by atoms with Crippen LogP contribution in [0.1, 0.15) is 11.5 Å². The molecule has 0 unspecified atom stereocenters. The molecule has 0 bridgehead atoms. The quantitative estimate of drug-likeness (QED) is 0.738. The standard InChI is InChI=1S/C10H12N2O3/c1-6-8-4-7(5-14-3)15-10(13)9(8)12(2)11-6/h4H,5H2,1-3H3. The summed E-state index contributed by atoms with van der Waals surface area (Å²) in [5.74, 6) is 0.520. The number of hydrogen-bond acceptors (Lipinski definition) is 4. The van der Waals surface area contributed by atoms with Gasteiger partial charge in [0.2, 0.25) is 0 Å². The zero-order valence-corrected chi connectivity index (χ0v) is 8.90. The number of rotatable bonds is 2. The van der Waals surface area contributed by atoms with Gasteiger partial charge in [-0.25, -0.2) is 4.79 Å². The molecule has 0 amide bonds. The van der Waals surface area contributed by atoms with Gasteiger partial charge in [0.25, 0.3) is 0 Å². The van der Waals surface area contributed by atoms with Gasteiger partial charge in [-0.3, -0.25) is 4.68 Å². The molecule has 5 heteroatoms. The largest absolute Gasteiger partial charge is 0.424 e. The monoisotopic (exact) mass is 208 g/mol. The third-order valence-corrected chi connectivity index (χ3v) is 2.28. The van der Waals surface area contributed by atoms with Crippen LogP contribution in [0, 0.1) is 6.92 Å². The predicted octanol–water partition coefficient (Wildman–Crippen LogP) is 0.981. The molecule has 0 saturated carbocycles. The van der Waals surface area contributed by atoms with Gasteiger partial charge in [0.05, 0.1) is 5.69 Å². The van der Waals surface area contributed by atoms with Crippen LogP contribution < -0.4 is 5.63 Å². The molecule has 0 aliphatic carbocycles. The summed E-state index contributed by atoms with van der Waals surface area (Å²) in [4.78, 5) is 11.6. The van der Waals surface area contributed by atoms with Crippen molar-refractivity contribution in [2.24, 2.45) is 7.05 Å². The Hall–Kier alpha value is -1.62. The van der Waals surface area contributed by atoms with Crippen molar-refractivity contribution in [2.45, 2.75) is 13.5 Å². The summed E-state index contributed by atoms with van der Waals surface area (Å²) < 4.78 is 11.5. The minimum absolute atomic E-state index is 0.291. The van der Waals surface area contributed by atoms with Crippen LogP contribution in [0.5, 0.6) is 0 Å². The molecule has 0 radical (unpaired) electrons. The average Bonchev–Trinajstić information content (AvgIpc) is 2.43. The molecular weight excluding hydrogens is 196 g/mol. The highest BCUT2D eigenvalue weighted by Crippen LogP contribution is 2.15. The Labute approximate surface area is 86.3 Å². The Morgan fingerprint density at radius 1 is 1.60 bits per heavy atom. The second kappa shape index (κ2) is 3.51. The predicted molar refractivity (Wildman–Crippen MR) is 54.7 cm³/mol. The molecule has 2 aromatic heterocycles. The van der Waals surface area contributed by atoms with Crippen molar-refractivity contribution in [1.29, 1.82) is 0 Å². The molecule has 0 fully saturated rings. The number of ether oxygens (including phenoxy) is 1. The minimum atomic E-state index is -0.373. The van der Waals surface area contributed by atoms with Gasteiger partial charge in [0.1, 0.15) is 12.4 Å². The van der Waals surface area contributed by atoms with E-state index >= 15 is 0 Å². The minimum Gasteiger partial charge on any atom is -0.424 e. The summed E-state index contributed by atoms with van der Waals surface area (Å²) in [7, 11) is 3.28. The van der Waals surface area contributed by atoms with Crippen LogP contribution in [-0.4, -0.2) is 16.9 Å². The number of fused-ring (bicyclic) bond motifs is 1. The molecule has 0 atom stereocenters. The van der Waals surface area contributed by atoms with E-state index in [1.54, 1.807) is 20.2 Å². The van der Waals surface area contributed by atoms with E-state index in [2.05, 4.69) is 5.10 Å². The summed E-state index contributed by atoms with van der Waals surface area (Å²) in [6, 6.07) is 1.79. The van der Waals surface area contributed by atoms with Crippen LogP contribution in [0.15, 0.2) is 15.3 Å². The lowest BCUT2D eigenvalue weighted by atomic mass is 10.2. The maximum atomic E-state index is 11.6. The first kappa shape index (κ1) is 9.92. The van der Waals surface area contributed by atoms with Crippen LogP contribution in [-0.2, 0) is 18.4 Å². The first-order chi connectivity index (χ1) is 7.13. The number of aromatic nitrogens is 2. The number of nitrogens with zero attached hydrogens (tertiary/aromatic N) is 2. The van der Waals surface area contributed by atoms with E-state index in [1.807, 2.05) is 6.92 Å². The topological polar surface area (TPSA) is 57.3 Å². The van der Waals surface area contributed by atoms with Gasteiger partial charge in [0.15, 0.2) is 5.52 Å². The fraction of sp³-hybridized carbons (Fsp3) is 0.400. The fourth-order valence-corrected chi connectivity index (χ4v) is 1.66. The fourth-order valence-electron chi connectivity index (χ4n) is 1.66. The first-order valence-electron chi connectivity index (χ1n) is 4.58.